The Hall–Kier alpha value is 0.359. The third-order valence-corrected chi connectivity index (χ3v) is 18.3. The average molecular weight is 245 g/mol. The van der Waals surface area contributed by atoms with E-state index in [-0.39, 0.29) is 0 Å². The molecule has 0 radical (unpaired) electrons. The molecule has 0 nitrogen and oxygen atoms in total. The molecule has 0 aliphatic carbocycles. The average Bonchev–Trinajstić information content (AvgIpc) is 2.01. The molecule has 0 saturated carbocycles. The molecule has 0 saturated heterocycles. The first-order chi connectivity index (χ1) is 4.74. The van der Waals surface area contributed by atoms with Crippen LogP contribution in [-0.4, -0.2) is 18.4 Å². The second-order valence-corrected chi connectivity index (χ2v) is 18.6. The number of rotatable bonds is 4. The summed E-state index contributed by atoms with van der Waals surface area (Å²) in [5.41, 5.74) is 0. The summed E-state index contributed by atoms with van der Waals surface area (Å²) < 4.78 is 5.42. The summed E-state index contributed by atoms with van der Waals surface area (Å²) in [7, 11) is 0. The van der Waals surface area contributed by atoms with E-state index in [9.17, 15) is 0 Å². The number of hydrogen-bond donors (Lipinski definition) is 0. The van der Waals surface area contributed by atoms with Gasteiger partial charge in [0.2, 0.25) is 0 Å². The summed E-state index contributed by atoms with van der Waals surface area (Å²) >= 11 is -1.67. The molecule has 0 atom stereocenters. The van der Waals surface area contributed by atoms with E-state index in [4.69, 9.17) is 6.42 Å². The molecule has 0 spiro atoms. The predicted octanol–water partition coefficient (Wildman–Crippen LogP) is 3.13. The van der Waals surface area contributed by atoms with Crippen molar-refractivity contribution in [1.82, 2.24) is 0 Å². The first kappa shape index (κ1) is 10.4. The maximum atomic E-state index is 5.34. The molecule has 0 aliphatic heterocycles. The fraction of sp³-hybridized carbons (Fsp3) is 0.778. The van der Waals surface area contributed by atoms with E-state index in [2.05, 4.69) is 26.7 Å². The molecule has 58 valence electrons. The third-order valence-electron chi connectivity index (χ3n) is 2.73. The van der Waals surface area contributed by atoms with Crippen molar-refractivity contribution in [3.8, 4) is 12.3 Å². The SMILES string of the molecule is C#C[CH2][Sn]([CH2]C)([CH2]C)[CH2]C. The molecule has 0 aliphatic rings. The van der Waals surface area contributed by atoms with Crippen LogP contribution in [0.4, 0.5) is 0 Å². The van der Waals surface area contributed by atoms with Crippen LogP contribution in [0.2, 0.25) is 17.7 Å². The third kappa shape index (κ3) is 2.54. The molecule has 0 aromatic rings. The summed E-state index contributed by atoms with van der Waals surface area (Å²) in [4.78, 5) is 0. The van der Waals surface area contributed by atoms with Gasteiger partial charge in [0.05, 0.1) is 0 Å². The Morgan fingerprint density at radius 1 is 1.10 bits per heavy atom. The zero-order chi connectivity index (χ0) is 8.04. The van der Waals surface area contributed by atoms with Crippen LogP contribution in [0.25, 0.3) is 0 Å². The Morgan fingerprint density at radius 3 is 1.60 bits per heavy atom. The van der Waals surface area contributed by atoms with Gasteiger partial charge in [-0.3, -0.25) is 0 Å². The summed E-state index contributed by atoms with van der Waals surface area (Å²) in [5.74, 6) is 2.85. The molecular formula is C9H18Sn. The van der Waals surface area contributed by atoms with Gasteiger partial charge in [-0.15, -0.1) is 0 Å². The Bertz CT molecular complexity index is 109. The minimum absolute atomic E-state index is 1.15. The molecule has 0 amide bonds. The second-order valence-electron chi connectivity index (χ2n) is 2.94. The van der Waals surface area contributed by atoms with Crippen LogP contribution in [0, 0.1) is 12.3 Å². The number of terminal acetylenes is 1. The topological polar surface area (TPSA) is 0 Å². The zero-order valence-electron chi connectivity index (χ0n) is 7.41. The van der Waals surface area contributed by atoms with Gasteiger partial charge in [0.1, 0.15) is 0 Å². The fourth-order valence-electron chi connectivity index (χ4n) is 1.34. The Balaban J connectivity index is 4.04. The Kier molecular flexibility index (Phi) is 5.25. The molecule has 1 heteroatoms. The molecule has 0 heterocycles. The Morgan fingerprint density at radius 2 is 1.50 bits per heavy atom. The molecule has 0 rings (SSSR count). The minimum atomic E-state index is -1.67. The standard InChI is InChI=1S/C3H3.3C2H5.Sn/c1-3-2;3*1-2;/h1H,2H2;3*1H2,2H3;. The second kappa shape index (κ2) is 5.07. The van der Waals surface area contributed by atoms with Crippen LogP contribution in [0.1, 0.15) is 20.8 Å². The van der Waals surface area contributed by atoms with Crippen LogP contribution in [0.5, 0.6) is 0 Å². The number of hydrogen-bond acceptors (Lipinski definition) is 0. The van der Waals surface area contributed by atoms with E-state index >= 15 is 0 Å². The summed E-state index contributed by atoms with van der Waals surface area (Å²) in [6.07, 6.45) is 5.34. The first-order valence-corrected chi connectivity index (χ1v) is 12.3. The van der Waals surface area contributed by atoms with E-state index in [0.29, 0.717) is 0 Å². The first-order valence-electron chi connectivity index (χ1n) is 4.18. The van der Waals surface area contributed by atoms with Crippen molar-refractivity contribution in [2.75, 3.05) is 0 Å². The van der Waals surface area contributed by atoms with E-state index < -0.39 is 18.4 Å². The van der Waals surface area contributed by atoms with Gasteiger partial charge in [0.15, 0.2) is 0 Å². The molecule has 0 bridgehead atoms. The van der Waals surface area contributed by atoms with Crippen LogP contribution in [-0.2, 0) is 0 Å². The van der Waals surface area contributed by atoms with E-state index in [1.807, 2.05) is 0 Å². The summed E-state index contributed by atoms with van der Waals surface area (Å²) in [5, 5.41) is 0. The Labute approximate surface area is 69.3 Å². The maximum absolute atomic E-state index is 5.34. The van der Waals surface area contributed by atoms with Crippen molar-refractivity contribution >= 4 is 18.4 Å². The molecule has 0 N–H and O–H groups in total. The van der Waals surface area contributed by atoms with E-state index in [0.717, 1.165) is 4.44 Å². The molecular weight excluding hydrogens is 227 g/mol. The monoisotopic (exact) mass is 246 g/mol. The van der Waals surface area contributed by atoms with Crippen LogP contribution >= 0.6 is 0 Å². The molecule has 0 aromatic heterocycles. The summed E-state index contributed by atoms with van der Waals surface area (Å²) in [6, 6.07) is 0. The van der Waals surface area contributed by atoms with Gasteiger partial charge in [0, 0.05) is 0 Å². The molecule has 0 aromatic carbocycles. The molecule has 0 unspecified atom stereocenters. The molecule has 10 heavy (non-hydrogen) atoms. The van der Waals surface area contributed by atoms with Gasteiger partial charge in [0.25, 0.3) is 0 Å². The van der Waals surface area contributed by atoms with Gasteiger partial charge in [-0.2, -0.15) is 0 Å². The van der Waals surface area contributed by atoms with Crippen molar-refractivity contribution < 1.29 is 0 Å². The van der Waals surface area contributed by atoms with Crippen LogP contribution < -0.4 is 0 Å². The van der Waals surface area contributed by atoms with Crippen LogP contribution in [0.15, 0.2) is 0 Å². The fourth-order valence-corrected chi connectivity index (χ4v) is 9.00. The summed E-state index contributed by atoms with van der Waals surface area (Å²) in [6.45, 7) is 6.96. The van der Waals surface area contributed by atoms with Gasteiger partial charge in [-0.25, -0.2) is 0 Å². The van der Waals surface area contributed by atoms with Crippen molar-refractivity contribution in [3.63, 3.8) is 0 Å². The van der Waals surface area contributed by atoms with E-state index in [1.54, 1.807) is 0 Å². The zero-order valence-corrected chi connectivity index (χ0v) is 10.3. The van der Waals surface area contributed by atoms with Crippen molar-refractivity contribution in [2.24, 2.45) is 0 Å². The van der Waals surface area contributed by atoms with Gasteiger partial charge in [-0.05, 0) is 0 Å². The van der Waals surface area contributed by atoms with E-state index in [1.165, 1.54) is 13.3 Å². The van der Waals surface area contributed by atoms with Crippen molar-refractivity contribution in [2.45, 2.75) is 38.5 Å². The normalized spacial score (nSPS) is 11.0. The predicted molar refractivity (Wildman–Crippen MR) is 50.8 cm³/mol. The van der Waals surface area contributed by atoms with Gasteiger partial charge in [-0.1, -0.05) is 0 Å². The van der Waals surface area contributed by atoms with Crippen molar-refractivity contribution in [1.29, 1.82) is 0 Å². The van der Waals surface area contributed by atoms with Gasteiger partial charge < -0.3 is 0 Å². The van der Waals surface area contributed by atoms with Crippen molar-refractivity contribution in [3.05, 3.63) is 0 Å². The van der Waals surface area contributed by atoms with Crippen LogP contribution in [0.3, 0.4) is 0 Å². The molecule has 0 fully saturated rings. The van der Waals surface area contributed by atoms with Gasteiger partial charge >= 0.3 is 69.2 Å². The quantitative estimate of drug-likeness (QED) is 0.527.